The Morgan fingerprint density at radius 1 is 1.44 bits per heavy atom. The number of hydrogen-bond donors (Lipinski definition) is 1. The van der Waals surface area contributed by atoms with Crippen LogP contribution in [0.5, 0.6) is 0 Å². The van der Waals surface area contributed by atoms with Gasteiger partial charge in [-0.15, -0.1) is 6.42 Å². The largest absolute Gasteiger partial charge is 0.314 e. The van der Waals surface area contributed by atoms with Gasteiger partial charge >= 0.3 is 0 Å². The number of nitrogens with one attached hydrogen (secondary N) is 1. The molecule has 0 saturated carbocycles. The van der Waals surface area contributed by atoms with Crippen molar-refractivity contribution in [1.82, 2.24) is 13.9 Å². The number of nitrogens with zero attached hydrogens (tertiary/aromatic N) is 2. The molecule has 1 aliphatic heterocycles. The van der Waals surface area contributed by atoms with Crippen LogP contribution in [0.15, 0.2) is 0 Å². The third kappa shape index (κ3) is 3.19. The number of terminal acetylenes is 1. The molecule has 0 radical (unpaired) electrons. The summed E-state index contributed by atoms with van der Waals surface area (Å²) in [5, 5.41) is 3.12. The number of rotatable bonds is 5. The van der Waals surface area contributed by atoms with E-state index in [1.807, 2.05) is 6.92 Å². The van der Waals surface area contributed by atoms with Crippen LogP contribution in [0.4, 0.5) is 0 Å². The van der Waals surface area contributed by atoms with Crippen LogP contribution in [0.2, 0.25) is 0 Å². The molecule has 1 N–H and O–H groups in total. The Kier molecular flexibility index (Phi) is 5.22. The van der Waals surface area contributed by atoms with Crippen molar-refractivity contribution in [3.63, 3.8) is 0 Å². The lowest BCUT2D eigenvalue weighted by atomic mass is 10.4. The molecule has 16 heavy (non-hydrogen) atoms. The maximum Gasteiger partial charge on any atom is 0.282 e. The molecule has 1 fully saturated rings. The first-order valence-electron chi connectivity index (χ1n) is 5.52. The predicted molar refractivity (Wildman–Crippen MR) is 64.1 cm³/mol. The van der Waals surface area contributed by atoms with Gasteiger partial charge in [0.15, 0.2) is 0 Å². The average molecular weight is 245 g/mol. The molecule has 1 rings (SSSR count). The molecule has 1 heterocycles. The van der Waals surface area contributed by atoms with Crippen LogP contribution < -0.4 is 5.32 Å². The second-order valence-corrected chi connectivity index (χ2v) is 5.62. The SMILES string of the molecule is C#CCN(CCC)S(=O)(=O)N1CCNCC1. The quantitative estimate of drug-likeness (QED) is 0.663. The van der Waals surface area contributed by atoms with Crippen LogP contribution in [-0.4, -0.2) is 56.3 Å². The predicted octanol–water partition coefficient (Wildman–Crippen LogP) is -0.518. The fraction of sp³-hybridized carbons (Fsp3) is 0.800. The molecule has 0 bridgehead atoms. The third-order valence-corrected chi connectivity index (χ3v) is 4.45. The van der Waals surface area contributed by atoms with E-state index < -0.39 is 10.2 Å². The molecule has 1 aliphatic rings. The van der Waals surface area contributed by atoms with Crippen LogP contribution >= 0.6 is 0 Å². The van der Waals surface area contributed by atoms with Crippen LogP contribution in [-0.2, 0) is 10.2 Å². The molecule has 5 nitrogen and oxygen atoms in total. The molecule has 0 spiro atoms. The lowest BCUT2D eigenvalue weighted by molar-refractivity contribution is 0.320. The van der Waals surface area contributed by atoms with E-state index in [0.717, 1.165) is 6.42 Å². The van der Waals surface area contributed by atoms with Crippen molar-refractivity contribution in [2.45, 2.75) is 13.3 Å². The van der Waals surface area contributed by atoms with Gasteiger partial charge in [0, 0.05) is 32.7 Å². The van der Waals surface area contributed by atoms with Gasteiger partial charge in [0.05, 0.1) is 6.54 Å². The Hall–Kier alpha value is -0.610. The van der Waals surface area contributed by atoms with Gasteiger partial charge < -0.3 is 5.32 Å². The van der Waals surface area contributed by atoms with Gasteiger partial charge in [-0.3, -0.25) is 0 Å². The zero-order valence-corrected chi connectivity index (χ0v) is 10.5. The van der Waals surface area contributed by atoms with Crippen molar-refractivity contribution >= 4 is 10.2 Å². The monoisotopic (exact) mass is 245 g/mol. The fourth-order valence-electron chi connectivity index (χ4n) is 1.67. The van der Waals surface area contributed by atoms with Crippen LogP contribution in [0, 0.1) is 12.3 Å². The molecule has 0 aromatic carbocycles. The summed E-state index contributed by atoms with van der Waals surface area (Å²) in [6.07, 6.45) is 5.97. The van der Waals surface area contributed by atoms with Gasteiger partial charge in [-0.1, -0.05) is 12.8 Å². The van der Waals surface area contributed by atoms with Gasteiger partial charge in [-0.2, -0.15) is 17.0 Å². The Labute approximate surface area is 98.0 Å². The highest BCUT2D eigenvalue weighted by atomic mass is 32.2. The van der Waals surface area contributed by atoms with Crippen LogP contribution in [0.25, 0.3) is 0 Å². The van der Waals surface area contributed by atoms with Gasteiger partial charge in [0.2, 0.25) is 0 Å². The maximum absolute atomic E-state index is 12.2. The summed E-state index contributed by atoms with van der Waals surface area (Å²) in [5.41, 5.74) is 0. The summed E-state index contributed by atoms with van der Waals surface area (Å²) in [6.45, 7) is 5.03. The van der Waals surface area contributed by atoms with E-state index in [1.165, 1.54) is 8.61 Å². The third-order valence-electron chi connectivity index (χ3n) is 2.47. The zero-order chi connectivity index (χ0) is 12.0. The van der Waals surface area contributed by atoms with Crippen molar-refractivity contribution in [3.05, 3.63) is 0 Å². The van der Waals surface area contributed by atoms with Crippen molar-refractivity contribution < 1.29 is 8.42 Å². The highest BCUT2D eigenvalue weighted by Crippen LogP contribution is 2.09. The van der Waals surface area contributed by atoms with Crippen molar-refractivity contribution in [2.24, 2.45) is 0 Å². The average Bonchev–Trinajstić information content (AvgIpc) is 2.30. The van der Waals surface area contributed by atoms with E-state index in [1.54, 1.807) is 0 Å². The first kappa shape index (κ1) is 13.5. The summed E-state index contributed by atoms with van der Waals surface area (Å²) in [5.74, 6) is 2.40. The van der Waals surface area contributed by atoms with E-state index in [-0.39, 0.29) is 6.54 Å². The molecule has 0 aromatic heterocycles. The number of hydrogen-bond acceptors (Lipinski definition) is 3. The second-order valence-electron chi connectivity index (χ2n) is 3.69. The first-order valence-corrected chi connectivity index (χ1v) is 6.92. The van der Waals surface area contributed by atoms with E-state index in [4.69, 9.17) is 6.42 Å². The molecule has 0 aromatic rings. The summed E-state index contributed by atoms with van der Waals surface area (Å²) in [6, 6.07) is 0. The molecule has 0 atom stereocenters. The van der Waals surface area contributed by atoms with Gasteiger partial charge in [0.25, 0.3) is 10.2 Å². The van der Waals surface area contributed by atoms with Crippen molar-refractivity contribution in [2.75, 3.05) is 39.3 Å². The van der Waals surface area contributed by atoms with Gasteiger partial charge in [-0.25, -0.2) is 0 Å². The molecule has 92 valence electrons. The highest BCUT2D eigenvalue weighted by molar-refractivity contribution is 7.86. The topological polar surface area (TPSA) is 52.7 Å². The molecule has 1 saturated heterocycles. The van der Waals surface area contributed by atoms with Crippen molar-refractivity contribution in [3.8, 4) is 12.3 Å². The summed E-state index contributed by atoms with van der Waals surface area (Å²) >= 11 is 0. The minimum atomic E-state index is -3.36. The van der Waals surface area contributed by atoms with Crippen molar-refractivity contribution in [1.29, 1.82) is 0 Å². The Morgan fingerprint density at radius 2 is 2.06 bits per heavy atom. The zero-order valence-electron chi connectivity index (χ0n) is 9.65. The second kappa shape index (κ2) is 6.21. The Morgan fingerprint density at radius 3 is 2.56 bits per heavy atom. The lowest BCUT2D eigenvalue weighted by Gasteiger charge is -2.31. The minimum Gasteiger partial charge on any atom is -0.314 e. The molecule has 0 aliphatic carbocycles. The smallest absolute Gasteiger partial charge is 0.282 e. The lowest BCUT2D eigenvalue weighted by Crippen LogP contribution is -2.52. The molecular formula is C10H19N3O2S. The van der Waals surface area contributed by atoms with E-state index in [9.17, 15) is 8.42 Å². The van der Waals surface area contributed by atoms with E-state index in [2.05, 4.69) is 11.2 Å². The Balaban J connectivity index is 2.75. The van der Waals surface area contributed by atoms with E-state index in [0.29, 0.717) is 32.7 Å². The fourth-order valence-corrected chi connectivity index (χ4v) is 3.29. The van der Waals surface area contributed by atoms with E-state index >= 15 is 0 Å². The van der Waals surface area contributed by atoms with Crippen LogP contribution in [0.3, 0.4) is 0 Å². The molecule has 0 unspecified atom stereocenters. The summed E-state index contributed by atoms with van der Waals surface area (Å²) in [7, 11) is -3.36. The summed E-state index contributed by atoms with van der Waals surface area (Å²) < 4.78 is 27.3. The van der Waals surface area contributed by atoms with Crippen LogP contribution in [0.1, 0.15) is 13.3 Å². The normalized spacial score (nSPS) is 18.6. The maximum atomic E-state index is 12.2. The minimum absolute atomic E-state index is 0.153. The standard InChI is InChI=1S/C10H19N3O2S/c1-3-7-12(8-4-2)16(14,15)13-9-5-11-6-10-13/h1,11H,4-10H2,2H3. The summed E-state index contributed by atoms with van der Waals surface area (Å²) in [4.78, 5) is 0. The number of piperazine rings is 1. The molecule has 6 heteroatoms. The molecular weight excluding hydrogens is 226 g/mol. The highest BCUT2D eigenvalue weighted by Gasteiger charge is 2.29. The van der Waals surface area contributed by atoms with Gasteiger partial charge in [0.1, 0.15) is 0 Å². The molecule has 0 amide bonds. The van der Waals surface area contributed by atoms with Gasteiger partial charge in [-0.05, 0) is 6.42 Å². The first-order chi connectivity index (χ1) is 7.62. The Bertz CT molecular complexity index is 342.